The Kier molecular flexibility index (Phi) is 7.55. The Bertz CT molecular complexity index is 674. The number of nitro benzene ring substituents is 1. The zero-order chi connectivity index (χ0) is 16.9. The highest BCUT2D eigenvalue weighted by Gasteiger charge is 2.22. The fourth-order valence-electron chi connectivity index (χ4n) is 2.22. The number of carbonyl (C=O) groups is 1. The minimum Gasteiger partial charge on any atom is -0.355 e. The SMILES string of the molecule is Cl.O=C(NCCNS(=O)(=O)c1ccc([N+](=O)[O-])cc1)C1CCNC1. The Balaban J connectivity index is 0.00000288. The molecule has 1 atom stereocenters. The minimum absolute atomic E-state index is 0. The second-order valence-corrected chi connectivity index (χ2v) is 6.90. The van der Waals surface area contributed by atoms with Gasteiger partial charge in [-0.15, -0.1) is 12.4 Å². The van der Waals surface area contributed by atoms with Gasteiger partial charge in [-0.25, -0.2) is 13.1 Å². The molecule has 1 aliphatic rings. The normalized spacial score (nSPS) is 17.1. The smallest absolute Gasteiger partial charge is 0.269 e. The van der Waals surface area contributed by atoms with E-state index in [1.54, 1.807) is 0 Å². The number of non-ortho nitro benzene ring substituents is 1. The van der Waals surface area contributed by atoms with Gasteiger partial charge < -0.3 is 10.6 Å². The lowest BCUT2D eigenvalue weighted by Gasteiger charge is -2.10. The van der Waals surface area contributed by atoms with Crippen LogP contribution in [-0.4, -0.2) is 45.4 Å². The number of rotatable bonds is 7. The molecule has 134 valence electrons. The zero-order valence-electron chi connectivity index (χ0n) is 12.7. The number of halogens is 1. The van der Waals surface area contributed by atoms with Crippen LogP contribution in [0.4, 0.5) is 5.69 Å². The zero-order valence-corrected chi connectivity index (χ0v) is 14.4. The molecule has 1 amide bonds. The van der Waals surface area contributed by atoms with Crippen LogP contribution in [0.2, 0.25) is 0 Å². The number of nitrogens with one attached hydrogen (secondary N) is 3. The highest BCUT2D eigenvalue weighted by Crippen LogP contribution is 2.15. The van der Waals surface area contributed by atoms with Crippen LogP contribution in [0.3, 0.4) is 0 Å². The Morgan fingerprint density at radius 2 is 1.96 bits per heavy atom. The Morgan fingerprint density at radius 3 is 2.50 bits per heavy atom. The van der Waals surface area contributed by atoms with E-state index in [2.05, 4.69) is 15.4 Å². The van der Waals surface area contributed by atoms with Crippen molar-refractivity contribution in [2.45, 2.75) is 11.3 Å². The molecule has 1 unspecified atom stereocenters. The van der Waals surface area contributed by atoms with E-state index in [0.29, 0.717) is 6.54 Å². The van der Waals surface area contributed by atoms with Crippen LogP contribution in [-0.2, 0) is 14.8 Å². The summed E-state index contributed by atoms with van der Waals surface area (Å²) in [6, 6.07) is 4.60. The lowest BCUT2D eigenvalue weighted by molar-refractivity contribution is -0.384. The molecule has 0 saturated carbocycles. The first-order valence-electron chi connectivity index (χ1n) is 7.13. The third-order valence-corrected chi connectivity index (χ3v) is 4.98. The molecule has 3 N–H and O–H groups in total. The summed E-state index contributed by atoms with van der Waals surface area (Å²) < 4.78 is 26.4. The average molecular weight is 379 g/mol. The van der Waals surface area contributed by atoms with Crippen LogP contribution in [0.1, 0.15) is 6.42 Å². The fourth-order valence-corrected chi connectivity index (χ4v) is 3.26. The molecule has 1 aliphatic heterocycles. The van der Waals surface area contributed by atoms with Crippen LogP contribution in [0.25, 0.3) is 0 Å². The van der Waals surface area contributed by atoms with Crippen molar-refractivity contribution in [2.75, 3.05) is 26.2 Å². The molecular weight excluding hydrogens is 360 g/mol. The van der Waals surface area contributed by atoms with Crippen LogP contribution in [0.5, 0.6) is 0 Å². The predicted octanol–water partition coefficient (Wildman–Crippen LogP) is 0.0206. The molecule has 1 fully saturated rings. The second kappa shape index (κ2) is 8.92. The van der Waals surface area contributed by atoms with Gasteiger partial charge in [0.15, 0.2) is 0 Å². The van der Waals surface area contributed by atoms with Gasteiger partial charge in [0.1, 0.15) is 0 Å². The molecule has 2 rings (SSSR count). The molecule has 0 aliphatic carbocycles. The third kappa shape index (κ3) is 5.41. The summed E-state index contributed by atoms with van der Waals surface area (Å²) in [7, 11) is -3.76. The number of benzene rings is 1. The van der Waals surface area contributed by atoms with Gasteiger partial charge in [-0.1, -0.05) is 0 Å². The summed E-state index contributed by atoms with van der Waals surface area (Å²) in [4.78, 5) is 21.6. The molecule has 1 aromatic carbocycles. The summed E-state index contributed by atoms with van der Waals surface area (Å²) in [6.45, 7) is 1.68. The maximum atomic E-state index is 12.0. The van der Waals surface area contributed by atoms with Gasteiger partial charge >= 0.3 is 0 Å². The molecule has 1 saturated heterocycles. The Labute approximate surface area is 145 Å². The quantitative estimate of drug-likeness (QED) is 0.348. The topological polar surface area (TPSA) is 130 Å². The van der Waals surface area contributed by atoms with Gasteiger partial charge in [0, 0.05) is 31.8 Å². The number of hydrogen-bond acceptors (Lipinski definition) is 6. The first kappa shape index (κ1) is 20.3. The summed E-state index contributed by atoms with van der Waals surface area (Å²) in [5, 5.41) is 16.3. The number of nitro groups is 1. The number of nitrogens with zero attached hydrogens (tertiary/aromatic N) is 1. The third-order valence-electron chi connectivity index (χ3n) is 3.51. The molecule has 0 radical (unpaired) electrons. The van der Waals surface area contributed by atoms with Crippen molar-refractivity contribution < 1.29 is 18.1 Å². The van der Waals surface area contributed by atoms with E-state index in [-0.39, 0.29) is 47.9 Å². The van der Waals surface area contributed by atoms with E-state index in [0.717, 1.165) is 25.1 Å². The monoisotopic (exact) mass is 378 g/mol. The molecule has 1 heterocycles. The fraction of sp³-hybridized carbons (Fsp3) is 0.462. The van der Waals surface area contributed by atoms with E-state index in [4.69, 9.17) is 0 Å². The summed E-state index contributed by atoms with van der Waals surface area (Å²) in [6.07, 6.45) is 0.778. The van der Waals surface area contributed by atoms with Crippen LogP contribution in [0, 0.1) is 16.0 Å². The first-order chi connectivity index (χ1) is 10.9. The highest BCUT2D eigenvalue weighted by atomic mass is 35.5. The van der Waals surface area contributed by atoms with Crippen molar-refractivity contribution in [3.63, 3.8) is 0 Å². The number of hydrogen-bond donors (Lipinski definition) is 3. The van der Waals surface area contributed by atoms with E-state index in [1.165, 1.54) is 12.1 Å². The van der Waals surface area contributed by atoms with Gasteiger partial charge in [0.25, 0.3) is 5.69 Å². The number of sulfonamides is 1. The van der Waals surface area contributed by atoms with Crippen LogP contribution < -0.4 is 15.4 Å². The molecular formula is C13H19ClN4O5S. The van der Waals surface area contributed by atoms with E-state index in [9.17, 15) is 23.3 Å². The van der Waals surface area contributed by atoms with Crippen molar-refractivity contribution in [1.29, 1.82) is 0 Å². The van der Waals surface area contributed by atoms with E-state index in [1.807, 2.05) is 0 Å². The van der Waals surface area contributed by atoms with Crippen LogP contribution >= 0.6 is 12.4 Å². The molecule has 0 spiro atoms. The molecule has 1 aromatic rings. The molecule has 0 bridgehead atoms. The number of amides is 1. The summed E-state index contributed by atoms with van der Waals surface area (Å²) in [5.41, 5.74) is -0.179. The maximum Gasteiger partial charge on any atom is 0.269 e. The van der Waals surface area contributed by atoms with Crippen LogP contribution in [0.15, 0.2) is 29.2 Å². The van der Waals surface area contributed by atoms with Crippen molar-refractivity contribution in [2.24, 2.45) is 5.92 Å². The molecule has 0 aromatic heterocycles. The highest BCUT2D eigenvalue weighted by molar-refractivity contribution is 7.89. The van der Waals surface area contributed by atoms with Crippen molar-refractivity contribution >= 4 is 34.0 Å². The standard InChI is InChI=1S/C13H18N4O5S.ClH/c18-13(10-5-6-14-9-10)15-7-8-16-23(21,22)12-3-1-11(2-4-12)17(19)20;/h1-4,10,14,16H,5-9H2,(H,15,18);1H. The van der Waals surface area contributed by atoms with E-state index < -0.39 is 14.9 Å². The van der Waals surface area contributed by atoms with Crippen molar-refractivity contribution in [3.8, 4) is 0 Å². The van der Waals surface area contributed by atoms with E-state index >= 15 is 0 Å². The average Bonchev–Trinajstić information content (AvgIpc) is 3.06. The number of carbonyl (C=O) groups excluding carboxylic acids is 1. The molecule has 24 heavy (non-hydrogen) atoms. The maximum absolute atomic E-state index is 12.0. The Morgan fingerprint density at radius 1 is 1.29 bits per heavy atom. The van der Waals surface area contributed by atoms with Gasteiger partial charge in [0.2, 0.25) is 15.9 Å². The van der Waals surface area contributed by atoms with Gasteiger partial charge in [0.05, 0.1) is 15.7 Å². The lowest BCUT2D eigenvalue weighted by atomic mass is 10.1. The molecule has 9 nitrogen and oxygen atoms in total. The summed E-state index contributed by atoms with van der Waals surface area (Å²) in [5.74, 6) is -0.161. The molecule has 11 heteroatoms. The summed E-state index contributed by atoms with van der Waals surface area (Å²) >= 11 is 0. The Hall–Kier alpha value is -1.75. The van der Waals surface area contributed by atoms with Gasteiger partial charge in [-0.3, -0.25) is 14.9 Å². The lowest BCUT2D eigenvalue weighted by Crippen LogP contribution is -2.38. The minimum atomic E-state index is -3.76. The van der Waals surface area contributed by atoms with Gasteiger partial charge in [-0.2, -0.15) is 0 Å². The second-order valence-electron chi connectivity index (χ2n) is 5.13. The predicted molar refractivity (Wildman–Crippen MR) is 89.5 cm³/mol. The largest absolute Gasteiger partial charge is 0.355 e. The van der Waals surface area contributed by atoms with Crippen molar-refractivity contribution in [3.05, 3.63) is 34.4 Å². The first-order valence-corrected chi connectivity index (χ1v) is 8.61. The van der Waals surface area contributed by atoms with Crippen molar-refractivity contribution in [1.82, 2.24) is 15.4 Å². The van der Waals surface area contributed by atoms with Gasteiger partial charge in [-0.05, 0) is 25.1 Å².